The van der Waals surface area contributed by atoms with Gasteiger partial charge >= 0.3 is 12.1 Å². The van der Waals surface area contributed by atoms with E-state index in [0.29, 0.717) is 24.6 Å². The van der Waals surface area contributed by atoms with Crippen molar-refractivity contribution in [2.45, 2.75) is 39.2 Å². The van der Waals surface area contributed by atoms with Gasteiger partial charge in [-0.05, 0) is 45.2 Å². The minimum Gasteiger partial charge on any atom is -0.444 e. The van der Waals surface area contributed by atoms with Gasteiger partial charge in [0.25, 0.3) is 11.8 Å². The Balaban J connectivity index is 1.53. The summed E-state index contributed by atoms with van der Waals surface area (Å²) >= 11 is 0. The number of amides is 3. The van der Waals surface area contributed by atoms with Crippen LogP contribution >= 0.6 is 0 Å². The zero-order valence-electron chi connectivity index (χ0n) is 15.6. The summed E-state index contributed by atoms with van der Waals surface area (Å²) < 4.78 is 5.32. The molecule has 1 aromatic carbocycles. The molecule has 3 amide bonds. The average Bonchev–Trinajstić information content (AvgIpc) is 3.13. The molecule has 0 N–H and O–H groups in total. The van der Waals surface area contributed by atoms with Crippen molar-refractivity contribution < 1.29 is 28.8 Å². The van der Waals surface area contributed by atoms with E-state index in [0.717, 1.165) is 0 Å². The molecule has 0 spiro atoms. The fourth-order valence-electron chi connectivity index (χ4n) is 3.12. The first-order valence-electron chi connectivity index (χ1n) is 8.82. The van der Waals surface area contributed by atoms with E-state index in [2.05, 4.69) is 0 Å². The average molecular weight is 374 g/mol. The van der Waals surface area contributed by atoms with E-state index >= 15 is 0 Å². The molecule has 1 fully saturated rings. The number of imide groups is 1. The Bertz CT molecular complexity index is 763. The zero-order chi connectivity index (χ0) is 19.8. The van der Waals surface area contributed by atoms with E-state index < -0.39 is 29.5 Å². The molecule has 0 saturated carbocycles. The first kappa shape index (κ1) is 18.9. The number of carbonyl (C=O) groups excluding carboxylic acids is 4. The maximum atomic E-state index is 12.2. The molecule has 8 heteroatoms. The molecule has 1 atom stereocenters. The van der Waals surface area contributed by atoms with Gasteiger partial charge < -0.3 is 14.5 Å². The van der Waals surface area contributed by atoms with Crippen molar-refractivity contribution in [1.29, 1.82) is 0 Å². The normalized spacial score (nSPS) is 19.3. The summed E-state index contributed by atoms with van der Waals surface area (Å²) in [6.45, 7) is 6.22. The smallest absolute Gasteiger partial charge is 0.410 e. The predicted molar refractivity (Wildman–Crippen MR) is 93.6 cm³/mol. The molecule has 0 unspecified atom stereocenters. The molecule has 1 aromatic rings. The maximum absolute atomic E-state index is 12.2. The third kappa shape index (κ3) is 4.10. The van der Waals surface area contributed by atoms with Crippen LogP contribution in [0.2, 0.25) is 0 Å². The van der Waals surface area contributed by atoms with Crippen LogP contribution in [-0.4, -0.2) is 52.5 Å². The summed E-state index contributed by atoms with van der Waals surface area (Å²) in [7, 11) is 0. The van der Waals surface area contributed by atoms with Gasteiger partial charge in [-0.25, -0.2) is 9.59 Å². The summed E-state index contributed by atoms with van der Waals surface area (Å²) in [5.41, 5.74) is -0.154. The maximum Gasteiger partial charge on any atom is 0.410 e. The van der Waals surface area contributed by atoms with Gasteiger partial charge in [-0.1, -0.05) is 17.2 Å². The molecule has 0 aliphatic carbocycles. The van der Waals surface area contributed by atoms with Crippen LogP contribution in [-0.2, 0) is 14.4 Å². The van der Waals surface area contributed by atoms with Gasteiger partial charge in [0.2, 0.25) is 0 Å². The number of carbonyl (C=O) groups is 4. The summed E-state index contributed by atoms with van der Waals surface area (Å²) in [4.78, 5) is 55.3. The van der Waals surface area contributed by atoms with E-state index in [9.17, 15) is 19.2 Å². The van der Waals surface area contributed by atoms with Crippen LogP contribution in [0.5, 0.6) is 0 Å². The highest BCUT2D eigenvalue weighted by Gasteiger charge is 2.39. The topological polar surface area (TPSA) is 93.2 Å². The monoisotopic (exact) mass is 374 g/mol. The minimum absolute atomic E-state index is 0.00665. The van der Waals surface area contributed by atoms with Crippen molar-refractivity contribution in [2.24, 2.45) is 5.92 Å². The van der Waals surface area contributed by atoms with Crippen molar-refractivity contribution in [2.75, 3.05) is 13.1 Å². The van der Waals surface area contributed by atoms with Gasteiger partial charge in [-0.2, -0.15) is 0 Å². The molecule has 0 bridgehead atoms. The largest absolute Gasteiger partial charge is 0.444 e. The van der Waals surface area contributed by atoms with E-state index in [1.807, 2.05) is 0 Å². The van der Waals surface area contributed by atoms with E-state index in [1.165, 1.54) is 12.1 Å². The van der Waals surface area contributed by atoms with Gasteiger partial charge in [0, 0.05) is 13.1 Å². The highest BCUT2D eigenvalue weighted by Crippen LogP contribution is 2.25. The van der Waals surface area contributed by atoms with Crippen molar-refractivity contribution >= 4 is 23.9 Å². The van der Waals surface area contributed by atoms with Crippen molar-refractivity contribution in [3.05, 3.63) is 35.4 Å². The molecule has 2 heterocycles. The van der Waals surface area contributed by atoms with Crippen LogP contribution in [0, 0.1) is 5.92 Å². The molecular weight excluding hydrogens is 352 g/mol. The Morgan fingerprint density at radius 1 is 1.11 bits per heavy atom. The number of nitrogens with zero attached hydrogens (tertiary/aromatic N) is 2. The van der Waals surface area contributed by atoms with Crippen LogP contribution in [0.1, 0.15) is 54.3 Å². The van der Waals surface area contributed by atoms with E-state index in [1.54, 1.807) is 37.8 Å². The lowest BCUT2D eigenvalue weighted by atomic mass is 10.1. The highest BCUT2D eigenvalue weighted by atomic mass is 16.7. The van der Waals surface area contributed by atoms with Crippen molar-refractivity contribution in [1.82, 2.24) is 9.96 Å². The predicted octanol–water partition coefficient (Wildman–Crippen LogP) is 2.39. The molecule has 0 aromatic heterocycles. The van der Waals surface area contributed by atoms with Gasteiger partial charge in [0.1, 0.15) is 5.60 Å². The lowest BCUT2D eigenvalue weighted by Gasteiger charge is -2.24. The van der Waals surface area contributed by atoms with Gasteiger partial charge in [0.15, 0.2) is 0 Å². The molecule has 1 saturated heterocycles. The SMILES string of the molecule is CC(C)(C)OC(=O)N1CC[C@@H](CC(=O)ON2C(=O)c3ccccc3C2=O)C1. The third-order valence-corrected chi connectivity index (χ3v) is 4.34. The van der Waals surface area contributed by atoms with E-state index in [4.69, 9.17) is 9.57 Å². The van der Waals surface area contributed by atoms with Gasteiger partial charge in [-0.3, -0.25) is 9.59 Å². The first-order chi connectivity index (χ1) is 12.7. The fourth-order valence-corrected chi connectivity index (χ4v) is 3.12. The van der Waals surface area contributed by atoms with Crippen LogP contribution in [0.15, 0.2) is 24.3 Å². The third-order valence-electron chi connectivity index (χ3n) is 4.34. The number of benzene rings is 1. The minimum atomic E-state index is -0.680. The Morgan fingerprint density at radius 2 is 1.70 bits per heavy atom. The van der Waals surface area contributed by atoms with Crippen LogP contribution in [0.4, 0.5) is 4.79 Å². The number of fused-ring (bicyclic) bond motifs is 1. The second-order valence-corrected chi connectivity index (χ2v) is 7.70. The number of rotatable bonds is 3. The zero-order valence-corrected chi connectivity index (χ0v) is 15.6. The summed E-state index contributed by atoms with van der Waals surface area (Å²) in [6, 6.07) is 6.30. The van der Waals surface area contributed by atoms with Crippen molar-refractivity contribution in [3.8, 4) is 0 Å². The summed E-state index contributed by atoms with van der Waals surface area (Å²) in [5.74, 6) is -2.09. The molecular formula is C19H22N2O6. The van der Waals surface area contributed by atoms with Crippen LogP contribution in [0.3, 0.4) is 0 Å². The molecule has 0 radical (unpaired) electrons. The molecule has 144 valence electrons. The van der Waals surface area contributed by atoms with Crippen molar-refractivity contribution in [3.63, 3.8) is 0 Å². The Hall–Kier alpha value is -2.90. The molecule has 2 aliphatic heterocycles. The second-order valence-electron chi connectivity index (χ2n) is 7.70. The Labute approximate surface area is 157 Å². The Kier molecular flexibility index (Phi) is 4.91. The molecule has 2 aliphatic rings. The van der Waals surface area contributed by atoms with Crippen LogP contribution < -0.4 is 0 Å². The number of hydroxylamine groups is 2. The molecule has 8 nitrogen and oxygen atoms in total. The van der Waals surface area contributed by atoms with Crippen LogP contribution in [0.25, 0.3) is 0 Å². The second kappa shape index (κ2) is 7.02. The Morgan fingerprint density at radius 3 is 2.26 bits per heavy atom. The first-order valence-corrected chi connectivity index (χ1v) is 8.82. The molecule has 3 rings (SSSR count). The standard InChI is InChI=1S/C19H22N2O6/c1-19(2,3)26-18(25)20-9-8-12(11-20)10-15(22)27-21-16(23)13-6-4-5-7-14(13)17(21)24/h4-7,12H,8-11H2,1-3H3/t12-/m0/s1. The summed E-state index contributed by atoms with van der Waals surface area (Å²) in [5, 5.41) is 0.508. The number of hydrogen-bond acceptors (Lipinski definition) is 6. The summed E-state index contributed by atoms with van der Waals surface area (Å²) in [6.07, 6.45) is 0.210. The van der Waals surface area contributed by atoms with E-state index in [-0.39, 0.29) is 23.5 Å². The lowest BCUT2D eigenvalue weighted by Crippen LogP contribution is -2.36. The number of hydrogen-bond donors (Lipinski definition) is 0. The van der Waals surface area contributed by atoms with Gasteiger partial charge in [-0.15, -0.1) is 0 Å². The fraction of sp³-hybridized carbons (Fsp3) is 0.474. The van der Waals surface area contributed by atoms with Gasteiger partial charge in [0.05, 0.1) is 17.5 Å². The number of ether oxygens (including phenoxy) is 1. The quantitative estimate of drug-likeness (QED) is 0.754. The highest BCUT2D eigenvalue weighted by molar-refractivity contribution is 6.20. The lowest BCUT2D eigenvalue weighted by molar-refractivity contribution is -0.169. The number of likely N-dealkylation sites (tertiary alicyclic amines) is 1. The molecule has 27 heavy (non-hydrogen) atoms.